The van der Waals surface area contributed by atoms with E-state index >= 15 is 0 Å². The molecule has 0 bridgehead atoms. The summed E-state index contributed by atoms with van der Waals surface area (Å²) in [4.78, 5) is 8.58. The molecule has 0 saturated heterocycles. The summed E-state index contributed by atoms with van der Waals surface area (Å²) in [7, 11) is 0. The third kappa shape index (κ3) is 2.77. The highest BCUT2D eigenvalue weighted by atomic mass is 15.0. The van der Waals surface area contributed by atoms with Crippen molar-refractivity contribution in [2.24, 2.45) is 0 Å². The van der Waals surface area contributed by atoms with Crippen LogP contribution in [0.15, 0.2) is 24.3 Å². The van der Waals surface area contributed by atoms with Gasteiger partial charge in [0.2, 0.25) is 0 Å². The molecule has 0 radical (unpaired) electrons. The lowest BCUT2D eigenvalue weighted by Gasteiger charge is -2.11. The summed E-state index contributed by atoms with van der Waals surface area (Å²) in [6.45, 7) is 6.14. The Kier molecular flexibility index (Phi) is 3.46. The van der Waals surface area contributed by atoms with E-state index in [1.807, 2.05) is 6.92 Å². The monoisotopic (exact) mass is 242 g/mol. The number of benzene rings is 1. The summed E-state index contributed by atoms with van der Waals surface area (Å²) in [6.07, 6.45) is 0.770. The molecular formula is C14H18N4. The molecule has 4 nitrogen and oxygen atoms in total. The number of anilines is 3. The van der Waals surface area contributed by atoms with Gasteiger partial charge in [0.05, 0.1) is 0 Å². The summed E-state index contributed by atoms with van der Waals surface area (Å²) in [6, 6.07) is 8.02. The summed E-state index contributed by atoms with van der Waals surface area (Å²) in [5.74, 6) is 1.99. The SMILES string of the molecule is CCc1nc(N)cc(Nc2cc(C)ccc2C)n1. The first-order valence-electron chi connectivity index (χ1n) is 6.06. The number of nitrogen functional groups attached to an aromatic ring is 1. The predicted molar refractivity (Wildman–Crippen MR) is 75.0 cm³/mol. The van der Waals surface area contributed by atoms with Gasteiger partial charge in [0.15, 0.2) is 0 Å². The normalized spacial score (nSPS) is 10.4. The molecule has 0 spiro atoms. The Balaban J connectivity index is 2.33. The average Bonchev–Trinajstić information content (AvgIpc) is 2.33. The number of hydrogen-bond donors (Lipinski definition) is 2. The van der Waals surface area contributed by atoms with Crippen molar-refractivity contribution < 1.29 is 0 Å². The van der Waals surface area contributed by atoms with Crippen LogP contribution in [0.2, 0.25) is 0 Å². The van der Waals surface area contributed by atoms with Gasteiger partial charge < -0.3 is 11.1 Å². The molecular weight excluding hydrogens is 224 g/mol. The molecule has 1 heterocycles. The Hall–Kier alpha value is -2.10. The molecule has 4 heteroatoms. The van der Waals surface area contributed by atoms with E-state index in [0.29, 0.717) is 5.82 Å². The second kappa shape index (κ2) is 5.04. The van der Waals surface area contributed by atoms with Gasteiger partial charge in [0.25, 0.3) is 0 Å². The van der Waals surface area contributed by atoms with Crippen LogP contribution in [0.25, 0.3) is 0 Å². The van der Waals surface area contributed by atoms with Crippen LogP contribution in [0.1, 0.15) is 23.9 Å². The third-order valence-electron chi connectivity index (χ3n) is 2.76. The Morgan fingerprint density at radius 2 is 1.94 bits per heavy atom. The first-order valence-corrected chi connectivity index (χ1v) is 6.06. The molecule has 2 aromatic rings. The fourth-order valence-electron chi connectivity index (χ4n) is 1.75. The standard InChI is InChI=1S/C14H18N4/c1-4-13-17-12(15)8-14(18-13)16-11-7-9(2)5-6-10(11)3/h5-8H,4H2,1-3H3,(H3,15,16,17,18). The molecule has 0 aliphatic carbocycles. The van der Waals surface area contributed by atoms with Crippen molar-refractivity contribution in [1.29, 1.82) is 0 Å². The zero-order chi connectivity index (χ0) is 13.1. The van der Waals surface area contributed by atoms with Gasteiger partial charge in [0.1, 0.15) is 17.5 Å². The Labute approximate surface area is 107 Å². The highest BCUT2D eigenvalue weighted by molar-refractivity contribution is 5.62. The maximum Gasteiger partial charge on any atom is 0.136 e. The summed E-state index contributed by atoms with van der Waals surface area (Å²) in [5.41, 5.74) is 9.20. The van der Waals surface area contributed by atoms with Crippen molar-refractivity contribution in [1.82, 2.24) is 9.97 Å². The van der Waals surface area contributed by atoms with Crippen LogP contribution < -0.4 is 11.1 Å². The smallest absolute Gasteiger partial charge is 0.136 e. The Bertz CT molecular complexity index is 564. The van der Waals surface area contributed by atoms with Crippen LogP contribution in [-0.2, 0) is 6.42 Å². The first kappa shape index (κ1) is 12.4. The molecule has 0 aliphatic rings. The van der Waals surface area contributed by atoms with Gasteiger partial charge in [-0.15, -0.1) is 0 Å². The average molecular weight is 242 g/mol. The molecule has 0 fully saturated rings. The highest BCUT2D eigenvalue weighted by Crippen LogP contribution is 2.21. The molecule has 0 unspecified atom stereocenters. The number of hydrogen-bond acceptors (Lipinski definition) is 4. The largest absolute Gasteiger partial charge is 0.384 e. The van der Waals surface area contributed by atoms with Crippen LogP contribution in [-0.4, -0.2) is 9.97 Å². The number of nitrogens with two attached hydrogens (primary N) is 1. The van der Waals surface area contributed by atoms with Crippen molar-refractivity contribution in [3.63, 3.8) is 0 Å². The molecule has 18 heavy (non-hydrogen) atoms. The van der Waals surface area contributed by atoms with Crippen LogP contribution >= 0.6 is 0 Å². The lowest BCUT2D eigenvalue weighted by molar-refractivity contribution is 0.948. The van der Waals surface area contributed by atoms with Crippen LogP contribution in [0.3, 0.4) is 0 Å². The van der Waals surface area contributed by atoms with Crippen molar-refractivity contribution in [3.05, 3.63) is 41.2 Å². The van der Waals surface area contributed by atoms with Crippen LogP contribution in [0.4, 0.5) is 17.3 Å². The van der Waals surface area contributed by atoms with E-state index < -0.39 is 0 Å². The quantitative estimate of drug-likeness (QED) is 0.868. The molecule has 0 amide bonds. The molecule has 1 aromatic carbocycles. The van der Waals surface area contributed by atoms with E-state index in [4.69, 9.17) is 5.73 Å². The van der Waals surface area contributed by atoms with Crippen molar-refractivity contribution in [3.8, 4) is 0 Å². The summed E-state index contributed by atoms with van der Waals surface area (Å²) >= 11 is 0. The van der Waals surface area contributed by atoms with Gasteiger partial charge in [-0.1, -0.05) is 19.1 Å². The zero-order valence-corrected chi connectivity index (χ0v) is 11.0. The number of nitrogens with zero attached hydrogens (tertiary/aromatic N) is 2. The topological polar surface area (TPSA) is 63.8 Å². The number of rotatable bonds is 3. The van der Waals surface area contributed by atoms with Gasteiger partial charge in [-0.2, -0.15) is 0 Å². The lowest BCUT2D eigenvalue weighted by atomic mass is 10.1. The van der Waals surface area contributed by atoms with Gasteiger partial charge in [0, 0.05) is 18.2 Å². The van der Waals surface area contributed by atoms with Crippen molar-refractivity contribution in [2.45, 2.75) is 27.2 Å². The third-order valence-corrected chi connectivity index (χ3v) is 2.76. The molecule has 2 rings (SSSR count). The van der Waals surface area contributed by atoms with Crippen LogP contribution in [0.5, 0.6) is 0 Å². The van der Waals surface area contributed by atoms with E-state index in [0.717, 1.165) is 23.8 Å². The van der Waals surface area contributed by atoms with E-state index in [2.05, 4.69) is 47.3 Å². The minimum atomic E-state index is 0.495. The second-order valence-corrected chi connectivity index (χ2v) is 4.39. The second-order valence-electron chi connectivity index (χ2n) is 4.39. The summed E-state index contributed by atoms with van der Waals surface area (Å²) in [5, 5.41) is 3.30. The Morgan fingerprint density at radius 3 is 2.67 bits per heavy atom. The van der Waals surface area contributed by atoms with E-state index in [9.17, 15) is 0 Å². The summed E-state index contributed by atoms with van der Waals surface area (Å²) < 4.78 is 0. The van der Waals surface area contributed by atoms with E-state index in [-0.39, 0.29) is 0 Å². The highest BCUT2D eigenvalue weighted by Gasteiger charge is 2.04. The molecule has 0 saturated carbocycles. The van der Waals surface area contributed by atoms with Gasteiger partial charge in [-0.25, -0.2) is 9.97 Å². The predicted octanol–water partition coefficient (Wildman–Crippen LogP) is 2.98. The van der Waals surface area contributed by atoms with Gasteiger partial charge in [-0.05, 0) is 31.0 Å². The zero-order valence-electron chi connectivity index (χ0n) is 11.0. The van der Waals surface area contributed by atoms with Crippen molar-refractivity contribution in [2.75, 3.05) is 11.1 Å². The number of aromatic nitrogens is 2. The number of nitrogens with one attached hydrogen (secondary N) is 1. The number of aryl methyl sites for hydroxylation is 3. The molecule has 0 aliphatic heterocycles. The first-order chi connectivity index (χ1) is 8.58. The lowest BCUT2D eigenvalue weighted by Crippen LogP contribution is -2.03. The van der Waals surface area contributed by atoms with Crippen LogP contribution in [0, 0.1) is 13.8 Å². The molecule has 0 atom stereocenters. The fourth-order valence-corrected chi connectivity index (χ4v) is 1.75. The van der Waals surface area contributed by atoms with Gasteiger partial charge >= 0.3 is 0 Å². The molecule has 94 valence electrons. The molecule has 1 aromatic heterocycles. The fraction of sp³-hybridized carbons (Fsp3) is 0.286. The van der Waals surface area contributed by atoms with Gasteiger partial charge in [-0.3, -0.25) is 0 Å². The maximum atomic E-state index is 5.77. The maximum absolute atomic E-state index is 5.77. The Morgan fingerprint density at radius 1 is 1.17 bits per heavy atom. The minimum Gasteiger partial charge on any atom is -0.384 e. The molecule has 3 N–H and O–H groups in total. The van der Waals surface area contributed by atoms with Crippen molar-refractivity contribution >= 4 is 17.3 Å². The van der Waals surface area contributed by atoms with E-state index in [1.165, 1.54) is 11.1 Å². The minimum absolute atomic E-state index is 0.495. The van der Waals surface area contributed by atoms with E-state index in [1.54, 1.807) is 6.07 Å².